The van der Waals surface area contributed by atoms with Crippen molar-refractivity contribution in [3.8, 4) is 0 Å². The zero-order valence-corrected chi connectivity index (χ0v) is 13.7. The molecule has 0 N–H and O–H groups in total. The Morgan fingerprint density at radius 3 is 2.32 bits per heavy atom. The number of hydrogen-bond acceptors (Lipinski definition) is 4. The van der Waals surface area contributed by atoms with E-state index < -0.39 is 12.1 Å². The number of carbonyl (C=O) groups excluding carboxylic acids is 2. The van der Waals surface area contributed by atoms with Gasteiger partial charge in [-0.2, -0.15) is 0 Å². The lowest BCUT2D eigenvalue weighted by atomic mass is 9.86. The number of Topliss-reactive ketones (excluding diaryl/α,β-unsaturated/α-hetero) is 1. The Labute approximate surface area is 132 Å². The maximum Gasteiger partial charge on any atom is 0.335 e. The molecule has 0 aromatic heterocycles. The third-order valence-electron chi connectivity index (χ3n) is 3.21. The quantitative estimate of drug-likeness (QED) is 0.440. The molecule has 1 rings (SSSR count). The van der Waals surface area contributed by atoms with E-state index in [4.69, 9.17) is 9.47 Å². The monoisotopic (exact) mass is 304 g/mol. The van der Waals surface area contributed by atoms with Crippen LogP contribution in [0.25, 0.3) is 0 Å². The van der Waals surface area contributed by atoms with Crippen LogP contribution in [0, 0.1) is 0 Å². The molecular weight excluding hydrogens is 280 g/mol. The number of ether oxygens (including phenoxy) is 2. The summed E-state index contributed by atoms with van der Waals surface area (Å²) in [5, 5.41) is 0. The number of hydrogen-bond donors (Lipinski definition) is 0. The Bertz CT molecular complexity index is 523. The van der Waals surface area contributed by atoms with Gasteiger partial charge in [-0.1, -0.05) is 51.1 Å². The normalized spacial score (nSPS) is 12.5. The number of esters is 1. The van der Waals surface area contributed by atoms with Crippen molar-refractivity contribution in [1.82, 2.24) is 0 Å². The molecule has 4 nitrogen and oxygen atoms in total. The summed E-state index contributed by atoms with van der Waals surface area (Å²) in [5.41, 5.74) is 1.71. The molecule has 0 saturated carbocycles. The minimum absolute atomic E-state index is 0.0337. The van der Waals surface area contributed by atoms with Gasteiger partial charge in [0.25, 0.3) is 0 Å². The highest BCUT2D eigenvalue weighted by Crippen LogP contribution is 2.22. The Balaban J connectivity index is 2.55. The molecule has 0 bridgehead atoms. The minimum Gasteiger partial charge on any atom is -0.455 e. The first-order chi connectivity index (χ1) is 10.3. The van der Waals surface area contributed by atoms with Gasteiger partial charge in [0.15, 0.2) is 18.5 Å². The Kier molecular flexibility index (Phi) is 6.50. The average molecular weight is 304 g/mol. The van der Waals surface area contributed by atoms with Crippen molar-refractivity contribution in [2.75, 3.05) is 13.2 Å². The standard InChI is InChI=1S/C18H24O4/c1-6-11-21-13(2)17(20)22-12-16(19)14-7-9-15(10-8-14)18(3,4)5/h6-10,13H,1,11-12H2,2-5H3. The average Bonchev–Trinajstić information content (AvgIpc) is 2.49. The van der Waals surface area contributed by atoms with Crippen LogP contribution in [0.15, 0.2) is 36.9 Å². The summed E-state index contributed by atoms with van der Waals surface area (Å²) in [7, 11) is 0. The zero-order chi connectivity index (χ0) is 16.8. The fourth-order valence-electron chi connectivity index (χ4n) is 1.77. The third-order valence-corrected chi connectivity index (χ3v) is 3.21. The Hall–Kier alpha value is -1.94. The van der Waals surface area contributed by atoms with Crippen LogP contribution in [0.4, 0.5) is 0 Å². The molecule has 4 heteroatoms. The van der Waals surface area contributed by atoms with Crippen molar-refractivity contribution in [2.24, 2.45) is 0 Å². The summed E-state index contributed by atoms with van der Waals surface area (Å²) in [6.07, 6.45) is 0.834. The van der Waals surface area contributed by atoms with E-state index in [1.165, 1.54) is 0 Å². The van der Waals surface area contributed by atoms with E-state index in [1.807, 2.05) is 12.1 Å². The van der Waals surface area contributed by atoms with E-state index in [-0.39, 0.29) is 24.4 Å². The molecule has 1 aromatic carbocycles. The summed E-state index contributed by atoms with van der Waals surface area (Å²) in [6, 6.07) is 7.36. The fraction of sp³-hybridized carbons (Fsp3) is 0.444. The second kappa shape index (κ2) is 7.90. The van der Waals surface area contributed by atoms with Crippen molar-refractivity contribution < 1.29 is 19.1 Å². The number of ketones is 1. The van der Waals surface area contributed by atoms with E-state index in [0.717, 1.165) is 5.56 Å². The Morgan fingerprint density at radius 2 is 1.82 bits per heavy atom. The van der Waals surface area contributed by atoms with Crippen LogP contribution in [-0.4, -0.2) is 31.1 Å². The molecule has 0 saturated heterocycles. The van der Waals surface area contributed by atoms with Gasteiger partial charge in [-0.3, -0.25) is 4.79 Å². The molecule has 1 unspecified atom stereocenters. The van der Waals surface area contributed by atoms with Gasteiger partial charge in [-0.15, -0.1) is 6.58 Å². The second-order valence-corrected chi connectivity index (χ2v) is 6.12. The first kappa shape index (κ1) is 18.1. The second-order valence-electron chi connectivity index (χ2n) is 6.12. The molecule has 1 atom stereocenters. The highest BCUT2D eigenvalue weighted by molar-refractivity contribution is 5.98. The van der Waals surface area contributed by atoms with Crippen molar-refractivity contribution in [3.05, 3.63) is 48.0 Å². The molecule has 22 heavy (non-hydrogen) atoms. The number of carbonyl (C=O) groups is 2. The predicted molar refractivity (Wildman–Crippen MR) is 86.0 cm³/mol. The lowest BCUT2D eigenvalue weighted by molar-refractivity contribution is -0.154. The molecular formula is C18H24O4. The van der Waals surface area contributed by atoms with Gasteiger partial charge in [0, 0.05) is 5.56 Å². The van der Waals surface area contributed by atoms with Crippen LogP contribution in [0.2, 0.25) is 0 Å². The molecule has 0 aliphatic rings. The van der Waals surface area contributed by atoms with Gasteiger partial charge in [0.2, 0.25) is 0 Å². The predicted octanol–water partition coefficient (Wildman–Crippen LogP) is 3.30. The molecule has 1 aromatic rings. The summed E-state index contributed by atoms with van der Waals surface area (Å²) < 4.78 is 10.1. The van der Waals surface area contributed by atoms with Gasteiger partial charge in [-0.25, -0.2) is 4.79 Å². The van der Waals surface area contributed by atoms with E-state index in [0.29, 0.717) is 5.56 Å². The maximum absolute atomic E-state index is 12.0. The highest BCUT2D eigenvalue weighted by atomic mass is 16.6. The van der Waals surface area contributed by atoms with Crippen molar-refractivity contribution in [3.63, 3.8) is 0 Å². The van der Waals surface area contributed by atoms with Crippen LogP contribution in [-0.2, 0) is 19.7 Å². The molecule has 0 spiro atoms. The van der Waals surface area contributed by atoms with Crippen molar-refractivity contribution in [2.45, 2.75) is 39.2 Å². The van der Waals surface area contributed by atoms with Gasteiger partial charge in [0.1, 0.15) is 0 Å². The molecule has 0 aliphatic heterocycles. The van der Waals surface area contributed by atoms with Crippen LogP contribution >= 0.6 is 0 Å². The van der Waals surface area contributed by atoms with Gasteiger partial charge >= 0.3 is 5.97 Å². The van der Waals surface area contributed by atoms with Crippen molar-refractivity contribution >= 4 is 11.8 Å². The lowest BCUT2D eigenvalue weighted by Gasteiger charge is -2.19. The molecule has 120 valence electrons. The fourth-order valence-corrected chi connectivity index (χ4v) is 1.77. The van der Waals surface area contributed by atoms with Gasteiger partial charge in [0.05, 0.1) is 6.61 Å². The van der Waals surface area contributed by atoms with Crippen LogP contribution in [0.3, 0.4) is 0 Å². The molecule has 0 heterocycles. The van der Waals surface area contributed by atoms with Crippen molar-refractivity contribution in [1.29, 1.82) is 0 Å². The smallest absolute Gasteiger partial charge is 0.335 e. The SMILES string of the molecule is C=CCOC(C)C(=O)OCC(=O)c1ccc(C(C)(C)C)cc1. The minimum atomic E-state index is -0.714. The molecule has 0 aliphatic carbocycles. The third kappa shape index (κ3) is 5.45. The summed E-state index contributed by atoms with van der Waals surface area (Å²) in [4.78, 5) is 23.6. The first-order valence-electron chi connectivity index (χ1n) is 7.28. The number of benzene rings is 1. The van der Waals surface area contributed by atoms with Gasteiger partial charge in [-0.05, 0) is 17.9 Å². The highest BCUT2D eigenvalue weighted by Gasteiger charge is 2.18. The van der Waals surface area contributed by atoms with Crippen LogP contribution in [0.5, 0.6) is 0 Å². The largest absolute Gasteiger partial charge is 0.455 e. The summed E-state index contributed by atoms with van der Waals surface area (Å²) >= 11 is 0. The topological polar surface area (TPSA) is 52.6 Å². The molecule has 0 fully saturated rings. The van der Waals surface area contributed by atoms with E-state index >= 15 is 0 Å². The molecule has 0 amide bonds. The molecule has 0 radical (unpaired) electrons. The zero-order valence-electron chi connectivity index (χ0n) is 13.7. The van der Waals surface area contributed by atoms with Crippen LogP contribution in [0.1, 0.15) is 43.6 Å². The maximum atomic E-state index is 12.0. The lowest BCUT2D eigenvalue weighted by Crippen LogP contribution is -2.26. The van der Waals surface area contributed by atoms with Gasteiger partial charge < -0.3 is 9.47 Å². The van der Waals surface area contributed by atoms with E-state index in [2.05, 4.69) is 27.4 Å². The summed E-state index contributed by atoms with van der Waals surface area (Å²) in [5.74, 6) is -0.786. The van der Waals surface area contributed by atoms with E-state index in [1.54, 1.807) is 25.1 Å². The van der Waals surface area contributed by atoms with Crippen LogP contribution < -0.4 is 0 Å². The Morgan fingerprint density at radius 1 is 1.23 bits per heavy atom. The summed E-state index contributed by atoms with van der Waals surface area (Å²) in [6.45, 7) is 11.4. The number of rotatable bonds is 7. The first-order valence-corrected chi connectivity index (χ1v) is 7.28. The van der Waals surface area contributed by atoms with E-state index in [9.17, 15) is 9.59 Å².